The van der Waals surface area contributed by atoms with Crippen molar-refractivity contribution in [1.82, 2.24) is 4.90 Å². The molecule has 0 bridgehead atoms. The molecule has 4 heteroatoms. The second-order valence-corrected chi connectivity index (χ2v) is 8.26. The largest absolute Gasteiger partial charge is 0.508 e. The molecule has 170 valence electrons. The summed E-state index contributed by atoms with van der Waals surface area (Å²) in [7, 11) is 0. The molecule has 32 heavy (non-hydrogen) atoms. The van der Waals surface area contributed by atoms with Gasteiger partial charge in [-0.05, 0) is 61.1 Å². The molecule has 1 saturated heterocycles. The third-order valence-electron chi connectivity index (χ3n) is 5.67. The summed E-state index contributed by atoms with van der Waals surface area (Å²) in [6.07, 6.45) is 4.91. The molecule has 1 aliphatic carbocycles. The van der Waals surface area contributed by atoms with Crippen LogP contribution in [0.15, 0.2) is 84.9 Å². The summed E-state index contributed by atoms with van der Waals surface area (Å²) in [5, 5.41) is 9.19. The Morgan fingerprint density at radius 2 is 1.41 bits per heavy atom. The first kappa shape index (κ1) is 23.8. The SMILES string of the molecule is FCC1CN(CCOc2ccccc2)C1.Oc1ccc2c(c1)CCCC2.c1ccccc1. The minimum atomic E-state index is -0.184. The zero-order chi connectivity index (χ0) is 22.4. The zero-order valence-corrected chi connectivity index (χ0v) is 18.7. The molecule has 0 amide bonds. The summed E-state index contributed by atoms with van der Waals surface area (Å²) in [5.74, 6) is 1.58. The number of halogens is 1. The lowest BCUT2D eigenvalue weighted by Crippen LogP contribution is -2.49. The van der Waals surface area contributed by atoms with Crippen LogP contribution in [0.2, 0.25) is 0 Å². The van der Waals surface area contributed by atoms with E-state index in [4.69, 9.17) is 4.74 Å². The predicted molar refractivity (Wildman–Crippen MR) is 129 cm³/mol. The highest BCUT2D eigenvalue weighted by Crippen LogP contribution is 2.24. The fourth-order valence-electron chi connectivity index (χ4n) is 3.87. The van der Waals surface area contributed by atoms with Gasteiger partial charge in [-0.25, -0.2) is 0 Å². The number of phenols is 1. The minimum absolute atomic E-state index is 0.184. The number of aromatic hydroxyl groups is 1. The van der Waals surface area contributed by atoms with Crippen molar-refractivity contribution in [3.63, 3.8) is 0 Å². The normalized spacial score (nSPS) is 15.2. The van der Waals surface area contributed by atoms with Crippen LogP contribution in [0.4, 0.5) is 4.39 Å². The summed E-state index contributed by atoms with van der Waals surface area (Å²) in [6.45, 7) is 3.16. The number of para-hydroxylation sites is 1. The van der Waals surface area contributed by atoms with Crippen LogP contribution in [0.5, 0.6) is 11.5 Å². The van der Waals surface area contributed by atoms with Crippen molar-refractivity contribution in [3.8, 4) is 11.5 Å². The number of alkyl halides is 1. The van der Waals surface area contributed by atoms with Crippen molar-refractivity contribution < 1.29 is 14.2 Å². The topological polar surface area (TPSA) is 32.7 Å². The number of aryl methyl sites for hydroxylation is 2. The van der Waals surface area contributed by atoms with Gasteiger partial charge in [-0.15, -0.1) is 0 Å². The molecule has 3 aromatic carbocycles. The maximum absolute atomic E-state index is 12.1. The van der Waals surface area contributed by atoms with Gasteiger partial charge in [0.05, 0.1) is 6.67 Å². The van der Waals surface area contributed by atoms with E-state index >= 15 is 0 Å². The molecular formula is C28H34FNO2. The molecule has 1 fully saturated rings. The van der Waals surface area contributed by atoms with Gasteiger partial charge in [0.1, 0.15) is 18.1 Å². The Kier molecular flexibility index (Phi) is 10.1. The maximum Gasteiger partial charge on any atom is 0.119 e. The van der Waals surface area contributed by atoms with Gasteiger partial charge < -0.3 is 9.84 Å². The molecule has 2 aliphatic rings. The first-order valence-electron chi connectivity index (χ1n) is 11.5. The number of hydrogen-bond donors (Lipinski definition) is 1. The van der Waals surface area contributed by atoms with E-state index in [9.17, 15) is 9.50 Å². The number of hydrogen-bond acceptors (Lipinski definition) is 3. The third-order valence-corrected chi connectivity index (χ3v) is 5.67. The molecular weight excluding hydrogens is 401 g/mol. The summed E-state index contributed by atoms with van der Waals surface area (Å²) >= 11 is 0. The average Bonchev–Trinajstić information content (AvgIpc) is 2.83. The molecule has 0 aromatic heterocycles. The van der Waals surface area contributed by atoms with E-state index in [-0.39, 0.29) is 12.6 Å². The quantitative estimate of drug-likeness (QED) is 0.540. The van der Waals surface area contributed by atoms with Crippen molar-refractivity contribution >= 4 is 0 Å². The zero-order valence-electron chi connectivity index (χ0n) is 18.7. The molecule has 0 radical (unpaired) electrons. The molecule has 1 aliphatic heterocycles. The van der Waals surface area contributed by atoms with Crippen LogP contribution in [0.3, 0.4) is 0 Å². The van der Waals surface area contributed by atoms with Crippen LogP contribution in [0, 0.1) is 5.92 Å². The van der Waals surface area contributed by atoms with Gasteiger partial charge >= 0.3 is 0 Å². The number of fused-ring (bicyclic) bond motifs is 1. The standard InChI is InChI=1S/C12H16FNO.C10H12O.C6H6/c13-8-11-9-14(10-11)6-7-15-12-4-2-1-3-5-12;11-10-6-5-8-3-1-2-4-9(8)7-10;1-2-4-6-5-3-1/h1-5,11H,6-10H2;5-7,11H,1-4H2;1-6H. The number of rotatable bonds is 5. The Bertz CT molecular complexity index is 856. The van der Waals surface area contributed by atoms with E-state index in [1.807, 2.05) is 78.9 Å². The highest BCUT2D eigenvalue weighted by atomic mass is 19.1. The second-order valence-electron chi connectivity index (χ2n) is 8.26. The van der Waals surface area contributed by atoms with Crippen molar-refractivity contribution in [2.24, 2.45) is 5.92 Å². The maximum atomic E-state index is 12.1. The monoisotopic (exact) mass is 435 g/mol. The summed E-state index contributed by atoms with van der Waals surface area (Å²) in [6, 6.07) is 27.5. The molecule has 3 nitrogen and oxygen atoms in total. The van der Waals surface area contributed by atoms with Crippen LogP contribution in [0.1, 0.15) is 24.0 Å². The Morgan fingerprint density at radius 1 is 0.812 bits per heavy atom. The van der Waals surface area contributed by atoms with Crippen molar-refractivity contribution in [1.29, 1.82) is 0 Å². The molecule has 5 rings (SSSR count). The molecule has 0 saturated carbocycles. The van der Waals surface area contributed by atoms with Gasteiger partial charge in [-0.2, -0.15) is 0 Å². The Hall–Kier alpha value is -2.85. The Labute approximate surface area is 191 Å². The smallest absolute Gasteiger partial charge is 0.119 e. The molecule has 0 spiro atoms. The van der Waals surface area contributed by atoms with Crippen molar-refractivity contribution in [2.75, 3.05) is 32.9 Å². The minimum Gasteiger partial charge on any atom is -0.508 e. The average molecular weight is 436 g/mol. The lowest BCUT2D eigenvalue weighted by atomic mass is 9.92. The van der Waals surface area contributed by atoms with Gasteiger partial charge in [0.25, 0.3) is 0 Å². The number of phenolic OH excluding ortho intramolecular Hbond substituents is 1. The molecule has 1 N–H and O–H groups in total. The predicted octanol–water partition coefficient (Wildman–Crippen LogP) is 5.92. The number of nitrogens with zero attached hydrogens (tertiary/aromatic N) is 1. The van der Waals surface area contributed by atoms with Crippen LogP contribution in [-0.2, 0) is 12.8 Å². The van der Waals surface area contributed by atoms with Gasteiger partial charge in [-0.3, -0.25) is 9.29 Å². The number of likely N-dealkylation sites (tertiary alicyclic amines) is 1. The number of benzene rings is 3. The summed E-state index contributed by atoms with van der Waals surface area (Å²) in [4.78, 5) is 2.22. The third kappa shape index (κ3) is 8.35. The molecule has 0 unspecified atom stereocenters. The van der Waals surface area contributed by atoms with E-state index in [1.165, 1.54) is 30.4 Å². The van der Waals surface area contributed by atoms with Crippen LogP contribution in [-0.4, -0.2) is 42.9 Å². The van der Waals surface area contributed by atoms with Gasteiger partial charge in [0, 0.05) is 25.6 Å². The van der Waals surface area contributed by atoms with Crippen LogP contribution >= 0.6 is 0 Å². The van der Waals surface area contributed by atoms with Crippen LogP contribution < -0.4 is 4.74 Å². The van der Waals surface area contributed by atoms with Crippen molar-refractivity contribution in [2.45, 2.75) is 25.7 Å². The second kappa shape index (κ2) is 13.5. The first-order valence-corrected chi connectivity index (χ1v) is 11.5. The molecule has 3 aromatic rings. The summed E-state index contributed by atoms with van der Waals surface area (Å²) in [5.41, 5.74) is 2.77. The Balaban J connectivity index is 0.000000148. The van der Waals surface area contributed by atoms with Crippen molar-refractivity contribution in [3.05, 3.63) is 96.1 Å². The fourth-order valence-corrected chi connectivity index (χ4v) is 3.87. The molecule has 0 atom stereocenters. The first-order chi connectivity index (χ1) is 15.7. The lowest BCUT2D eigenvalue weighted by molar-refractivity contribution is 0.0668. The highest BCUT2D eigenvalue weighted by Gasteiger charge is 2.25. The number of ether oxygens (including phenoxy) is 1. The van der Waals surface area contributed by atoms with E-state index in [2.05, 4.69) is 4.90 Å². The van der Waals surface area contributed by atoms with Crippen LogP contribution in [0.25, 0.3) is 0 Å². The van der Waals surface area contributed by atoms with Gasteiger partial charge in [-0.1, -0.05) is 60.7 Å². The van der Waals surface area contributed by atoms with Gasteiger partial charge in [0.15, 0.2) is 0 Å². The van der Waals surface area contributed by atoms with Gasteiger partial charge in [0.2, 0.25) is 0 Å². The van der Waals surface area contributed by atoms with E-state index < -0.39 is 0 Å². The van der Waals surface area contributed by atoms with E-state index in [0.717, 1.165) is 31.8 Å². The Morgan fingerprint density at radius 3 is 2.03 bits per heavy atom. The lowest BCUT2D eigenvalue weighted by Gasteiger charge is -2.37. The highest BCUT2D eigenvalue weighted by molar-refractivity contribution is 5.36. The summed E-state index contributed by atoms with van der Waals surface area (Å²) < 4.78 is 17.7. The molecule has 1 heterocycles. The fraction of sp³-hybridized carbons (Fsp3) is 0.357. The van der Waals surface area contributed by atoms with E-state index in [0.29, 0.717) is 12.4 Å². The van der Waals surface area contributed by atoms with E-state index in [1.54, 1.807) is 6.07 Å².